The Kier molecular flexibility index (Phi) is 3.49. The fraction of sp³-hybridized carbons (Fsp3) is 0.667. The lowest BCUT2D eigenvalue weighted by molar-refractivity contribution is -0.134. The highest BCUT2D eigenvalue weighted by molar-refractivity contribution is 7.11. The van der Waals surface area contributed by atoms with E-state index in [1.54, 1.807) is 0 Å². The van der Waals surface area contributed by atoms with Crippen molar-refractivity contribution >= 4 is 22.9 Å². The number of alkyl halides is 4. The Labute approximate surface area is 81.7 Å². The molecular formula is C6H6ClF3N2S. The van der Waals surface area contributed by atoms with E-state index in [4.69, 9.17) is 11.6 Å². The molecule has 1 aromatic heterocycles. The number of nitrogens with zero attached hydrogens (tertiary/aromatic N) is 2. The van der Waals surface area contributed by atoms with Gasteiger partial charge in [-0.15, -0.1) is 33.1 Å². The molecule has 0 radical (unpaired) electrons. The van der Waals surface area contributed by atoms with Crippen molar-refractivity contribution in [3.63, 3.8) is 0 Å². The molecule has 0 spiro atoms. The second-order valence-corrected chi connectivity index (χ2v) is 3.75. The summed E-state index contributed by atoms with van der Waals surface area (Å²) in [5.74, 6) is 0.198. The van der Waals surface area contributed by atoms with Gasteiger partial charge in [0.2, 0.25) is 0 Å². The molecule has 0 saturated heterocycles. The molecule has 74 valence electrons. The van der Waals surface area contributed by atoms with Crippen LogP contribution in [0.2, 0.25) is 0 Å². The lowest BCUT2D eigenvalue weighted by atomic mass is 10.3. The number of hydrogen-bond acceptors (Lipinski definition) is 3. The molecule has 0 bridgehead atoms. The molecule has 1 aromatic rings. The second kappa shape index (κ2) is 4.23. The van der Waals surface area contributed by atoms with E-state index >= 15 is 0 Å². The van der Waals surface area contributed by atoms with Gasteiger partial charge < -0.3 is 0 Å². The quantitative estimate of drug-likeness (QED) is 0.747. The first-order valence-electron chi connectivity index (χ1n) is 3.45. The van der Waals surface area contributed by atoms with Crippen molar-refractivity contribution in [2.24, 2.45) is 0 Å². The van der Waals surface area contributed by atoms with Crippen LogP contribution >= 0.6 is 22.9 Å². The fourth-order valence-corrected chi connectivity index (χ4v) is 1.60. The molecule has 0 aromatic carbocycles. The largest absolute Gasteiger partial charge is 0.389 e. The predicted octanol–water partition coefficient (Wildman–Crippen LogP) is 2.77. The highest BCUT2D eigenvalue weighted by atomic mass is 35.5. The standard InChI is InChI=1S/C6H6ClF3N2S/c7-3-5-12-11-4(13-5)1-2-6(8,9)10/h1-3H2. The number of hydrogen-bond donors (Lipinski definition) is 0. The summed E-state index contributed by atoms with van der Waals surface area (Å²) in [4.78, 5) is 0. The van der Waals surface area contributed by atoms with Crippen LogP contribution in [0, 0.1) is 0 Å². The zero-order chi connectivity index (χ0) is 9.90. The third-order valence-corrected chi connectivity index (χ3v) is 2.64. The summed E-state index contributed by atoms with van der Waals surface area (Å²) in [6.45, 7) is 0. The number of rotatable bonds is 3. The fourth-order valence-electron chi connectivity index (χ4n) is 0.692. The zero-order valence-electron chi connectivity index (χ0n) is 6.44. The molecule has 0 aliphatic carbocycles. The maximum atomic E-state index is 11.8. The maximum absolute atomic E-state index is 11.8. The molecule has 0 fully saturated rings. The van der Waals surface area contributed by atoms with Crippen molar-refractivity contribution in [1.82, 2.24) is 10.2 Å². The topological polar surface area (TPSA) is 25.8 Å². The van der Waals surface area contributed by atoms with Crippen molar-refractivity contribution in [3.05, 3.63) is 10.0 Å². The summed E-state index contributed by atoms with van der Waals surface area (Å²) in [5.41, 5.74) is 0. The lowest BCUT2D eigenvalue weighted by Crippen LogP contribution is -2.08. The zero-order valence-corrected chi connectivity index (χ0v) is 8.01. The highest BCUT2D eigenvalue weighted by Gasteiger charge is 2.27. The van der Waals surface area contributed by atoms with Crippen molar-refractivity contribution in [3.8, 4) is 0 Å². The van der Waals surface area contributed by atoms with Crippen molar-refractivity contribution in [2.75, 3.05) is 0 Å². The van der Waals surface area contributed by atoms with Gasteiger partial charge in [0.25, 0.3) is 0 Å². The van der Waals surface area contributed by atoms with Gasteiger partial charge >= 0.3 is 6.18 Å². The van der Waals surface area contributed by atoms with E-state index in [0.29, 0.717) is 10.0 Å². The smallest absolute Gasteiger partial charge is 0.171 e. The number of halogens is 4. The second-order valence-electron chi connectivity index (χ2n) is 2.34. The van der Waals surface area contributed by atoms with Gasteiger partial charge in [0.1, 0.15) is 10.0 Å². The predicted molar refractivity (Wildman–Crippen MR) is 43.8 cm³/mol. The summed E-state index contributed by atoms with van der Waals surface area (Å²) in [6.07, 6.45) is -5.10. The molecule has 0 atom stereocenters. The van der Waals surface area contributed by atoms with Crippen LogP contribution in [0.1, 0.15) is 16.4 Å². The minimum absolute atomic E-state index is 0.113. The summed E-state index contributed by atoms with van der Waals surface area (Å²) in [6, 6.07) is 0. The number of aromatic nitrogens is 2. The highest BCUT2D eigenvalue weighted by Crippen LogP contribution is 2.23. The van der Waals surface area contributed by atoms with Crippen LogP contribution in [0.5, 0.6) is 0 Å². The van der Waals surface area contributed by atoms with E-state index < -0.39 is 12.6 Å². The molecule has 0 unspecified atom stereocenters. The van der Waals surface area contributed by atoms with Crippen LogP contribution in [-0.2, 0) is 12.3 Å². The molecule has 0 aliphatic rings. The molecule has 1 rings (SSSR count). The summed E-state index contributed by atoms with van der Waals surface area (Å²) in [5, 5.41) is 8.12. The summed E-state index contributed by atoms with van der Waals surface area (Å²) < 4.78 is 35.3. The first-order valence-corrected chi connectivity index (χ1v) is 4.80. The normalized spacial score (nSPS) is 12.0. The molecule has 0 aliphatic heterocycles. The Bertz CT molecular complexity index is 273. The molecule has 0 amide bonds. The first-order chi connectivity index (χ1) is 6.01. The lowest BCUT2D eigenvalue weighted by Gasteiger charge is -2.02. The van der Waals surface area contributed by atoms with E-state index in [-0.39, 0.29) is 12.3 Å². The van der Waals surface area contributed by atoms with Gasteiger partial charge in [-0.1, -0.05) is 0 Å². The van der Waals surface area contributed by atoms with E-state index in [9.17, 15) is 13.2 Å². The Morgan fingerprint density at radius 3 is 2.31 bits per heavy atom. The monoisotopic (exact) mass is 230 g/mol. The molecule has 0 saturated carbocycles. The van der Waals surface area contributed by atoms with Crippen molar-refractivity contribution in [1.29, 1.82) is 0 Å². The average Bonchev–Trinajstić information content (AvgIpc) is 2.47. The summed E-state index contributed by atoms with van der Waals surface area (Å²) in [7, 11) is 0. The third kappa shape index (κ3) is 3.91. The molecule has 1 heterocycles. The number of aryl methyl sites for hydroxylation is 1. The van der Waals surface area contributed by atoms with Crippen LogP contribution in [0.3, 0.4) is 0 Å². The first kappa shape index (κ1) is 10.7. The van der Waals surface area contributed by atoms with Gasteiger partial charge in [-0.3, -0.25) is 0 Å². The molecule has 13 heavy (non-hydrogen) atoms. The van der Waals surface area contributed by atoms with Gasteiger partial charge in [0.05, 0.1) is 5.88 Å². The minimum Gasteiger partial charge on any atom is -0.171 e. The van der Waals surface area contributed by atoms with Gasteiger partial charge in [-0.05, 0) is 0 Å². The maximum Gasteiger partial charge on any atom is 0.389 e. The summed E-state index contributed by atoms with van der Waals surface area (Å²) >= 11 is 6.54. The van der Waals surface area contributed by atoms with Crippen LogP contribution in [0.25, 0.3) is 0 Å². The van der Waals surface area contributed by atoms with Crippen LogP contribution < -0.4 is 0 Å². The van der Waals surface area contributed by atoms with Gasteiger partial charge in [-0.25, -0.2) is 0 Å². The SMILES string of the molecule is FC(F)(F)CCc1nnc(CCl)s1. The minimum atomic E-state index is -4.13. The Morgan fingerprint density at radius 2 is 1.85 bits per heavy atom. The van der Waals surface area contributed by atoms with Crippen LogP contribution in [0.15, 0.2) is 0 Å². The van der Waals surface area contributed by atoms with E-state index in [1.165, 1.54) is 0 Å². The van der Waals surface area contributed by atoms with Crippen LogP contribution in [0.4, 0.5) is 13.2 Å². The molecule has 7 heteroatoms. The van der Waals surface area contributed by atoms with E-state index in [1.807, 2.05) is 0 Å². The van der Waals surface area contributed by atoms with E-state index in [0.717, 1.165) is 11.3 Å². The van der Waals surface area contributed by atoms with Gasteiger partial charge in [0, 0.05) is 12.8 Å². The Balaban J connectivity index is 2.46. The Morgan fingerprint density at radius 1 is 1.23 bits per heavy atom. The van der Waals surface area contributed by atoms with Crippen molar-refractivity contribution in [2.45, 2.75) is 24.9 Å². The Hall–Kier alpha value is -0.360. The third-order valence-electron chi connectivity index (χ3n) is 1.25. The van der Waals surface area contributed by atoms with Gasteiger partial charge in [-0.2, -0.15) is 13.2 Å². The molecule has 2 nitrogen and oxygen atoms in total. The van der Waals surface area contributed by atoms with Crippen molar-refractivity contribution < 1.29 is 13.2 Å². The average molecular weight is 231 g/mol. The molecular weight excluding hydrogens is 225 g/mol. The van der Waals surface area contributed by atoms with Gasteiger partial charge in [0.15, 0.2) is 0 Å². The molecule has 0 N–H and O–H groups in total. The van der Waals surface area contributed by atoms with Crippen LogP contribution in [-0.4, -0.2) is 16.4 Å². The van der Waals surface area contributed by atoms with E-state index in [2.05, 4.69) is 10.2 Å².